The maximum atomic E-state index is 4.58. The quantitative estimate of drug-likeness (QED) is 0.424. The molecule has 154 valence electrons. The number of piperazine rings is 1. The van der Waals surface area contributed by atoms with Crippen LogP contribution >= 0.6 is 0 Å². The molecule has 0 saturated carbocycles. The van der Waals surface area contributed by atoms with Crippen LogP contribution in [0, 0.1) is 0 Å². The van der Waals surface area contributed by atoms with Crippen molar-refractivity contribution in [2.24, 2.45) is 0 Å². The predicted octanol–water partition coefficient (Wildman–Crippen LogP) is 1.25. The first kappa shape index (κ1) is 23.8. The third-order valence-corrected chi connectivity index (χ3v) is 4.77. The summed E-state index contributed by atoms with van der Waals surface area (Å²) < 4.78 is 2.01. The third kappa shape index (κ3) is 5.70. The van der Waals surface area contributed by atoms with E-state index in [0.29, 0.717) is 0 Å². The van der Waals surface area contributed by atoms with Gasteiger partial charge in [-0.3, -0.25) is 9.50 Å². The average Bonchev–Trinajstić information content (AvgIpc) is 3.49. The summed E-state index contributed by atoms with van der Waals surface area (Å²) >= 11 is 0. The number of fused-ring (bicyclic) bond motifs is 1. The number of nitrogens with zero attached hydrogens (tertiary/aromatic N) is 6. The molecule has 0 spiro atoms. The van der Waals surface area contributed by atoms with Crippen LogP contribution in [0.1, 0.15) is 6.92 Å². The SMILES string of the molecule is C=CC.[Rb+].c1cn2c(-c3cn[nH]c3)cnc(Nc3ccc(N4CC[N-]CC4)cc3)c2n1. The summed E-state index contributed by atoms with van der Waals surface area (Å²) in [5, 5.41) is 14.6. The number of aromatic amines is 1. The molecule has 0 radical (unpaired) electrons. The second-order valence-corrected chi connectivity index (χ2v) is 6.84. The Bertz CT molecular complexity index is 1080. The van der Waals surface area contributed by atoms with E-state index in [9.17, 15) is 0 Å². The molecule has 9 heteroatoms. The second kappa shape index (κ2) is 11.7. The van der Waals surface area contributed by atoms with Crippen molar-refractivity contribution in [1.29, 1.82) is 0 Å². The number of aromatic nitrogens is 5. The second-order valence-electron chi connectivity index (χ2n) is 6.84. The number of H-pyrrole nitrogens is 1. The van der Waals surface area contributed by atoms with Gasteiger partial charge in [0.15, 0.2) is 11.5 Å². The van der Waals surface area contributed by atoms with Crippen LogP contribution in [-0.4, -0.2) is 50.7 Å². The van der Waals surface area contributed by atoms with Gasteiger partial charge in [0.25, 0.3) is 0 Å². The van der Waals surface area contributed by atoms with E-state index in [2.05, 4.69) is 66.5 Å². The largest absolute Gasteiger partial charge is 1.00 e. The Kier molecular flexibility index (Phi) is 8.97. The number of anilines is 3. The number of nitrogens with one attached hydrogen (secondary N) is 2. The number of allylic oxidation sites excluding steroid dienone is 1. The van der Waals surface area contributed by atoms with Crippen molar-refractivity contribution in [3.63, 3.8) is 0 Å². The molecule has 3 aromatic heterocycles. The Morgan fingerprint density at radius 1 is 1.13 bits per heavy atom. The molecule has 0 atom stereocenters. The molecule has 8 nitrogen and oxygen atoms in total. The molecule has 0 unspecified atom stereocenters. The predicted molar refractivity (Wildman–Crippen MR) is 121 cm³/mol. The summed E-state index contributed by atoms with van der Waals surface area (Å²) in [6, 6.07) is 8.42. The summed E-state index contributed by atoms with van der Waals surface area (Å²) in [6.45, 7) is 9.03. The minimum absolute atomic E-state index is 0. The van der Waals surface area contributed by atoms with Crippen molar-refractivity contribution in [3.05, 3.63) is 73.2 Å². The first-order valence-corrected chi connectivity index (χ1v) is 9.93. The number of hydrogen-bond acceptors (Lipinski definition) is 5. The molecular weight excluding hydrogens is 462 g/mol. The van der Waals surface area contributed by atoms with Gasteiger partial charge in [-0.1, -0.05) is 6.08 Å². The first-order chi connectivity index (χ1) is 14.8. The number of imidazole rings is 1. The van der Waals surface area contributed by atoms with E-state index < -0.39 is 0 Å². The maximum Gasteiger partial charge on any atom is 1.00 e. The van der Waals surface area contributed by atoms with Crippen molar-refractivity contribution in [2.75, 3.05) is 36.4 Å². The number of rotatable bonds is 4. The van der Waals surface area contributed by atoms with Gasteiger partial charge in [-0.05, 0) is 44.3 Å². The fraction of sp³-hybridized carbons (Fsp3) is 0.227. The molecule has 1 aliphatic heterocycles. The van der Waals surface area contributed by atoms with Crippen molar-refractivity contribution < 1.29 is 58.2 Å². The van der Waals surface area contributed by atoms with Crippen LogP contribution in [0.4, 0.5) is 17.2 Å². The van der Waals surface area contributed by atoms with Crippen LogP contribution in [0.15, 0.2) is 67.9 Å². The normalized spacial score (nSPS) is 13.1. The molecular formula is C22H25N8Rb. The summed E-state index contributed by atoms with van der Waals surface area (Å²) in [5.74, 6) is 0.719. The van der Waals surface area contributed by atoms with Crippen LogP contribution in [0.5, 0.6) is 0 Å². The Morgan fingerprint density at radius 2 is 1.87 bits per heavy atom. The smallest absolute Gasteiger partial charge is 0.659 e. The maximum absolute atomic E-state index is 4.58. The van der Waals surface area contributed by atoms with E-state index in [0.717, 1.165) is 54.6 Å². The number of hydrogen-bond donors (Lipinski definition) is 2. The van der Waals surface area contributed by atoms with Gasteiger partial charge < -0.3 is 15.5 Å². The molecule has 1 aliphatic rings. The molecule has 4 aromatic rings. The van der Waals surface area contributed by atoms with Gasteiger partial charge in [-0.2, -0.15) is 5.10 Å². The Balaban J connectivity index is 0.000000645. The van der Waals surface area contributed by atoms with Crippen molar-refractivity contribution >= 4 is 22.8 Å². The molecule has 0 bridgehead atoms. The fourth-order valence-corrected chi connectivity index (χ4v) is 3.37. The van der Waals surface area contributed by atoms with Gasteiger partial charge in [-0.25, -0.2) is 9.97 Å². The van der Waals surface area contributed by atoms with E-state index in [-0.39, 0.29) is 58.2 Å². The minimum atomic E-state index is 0. The van der Waals surface area contributed by atoms with Gasteiger partial charge in [0.05, 0.1) is 18.1 Å². The zero-order valence-electron chi connectivity index (χ0n) is 18.0. The van der Waals surface area contributed by atoms with Gasteiger partial charge >= 0.3 is 58.2 Å². The summed E-state index contributed by atoms with van der Waals surface area (Å²) in [5.41, 5.74) is 4.89. The topological polar surface area (TPSA) is 88.2 Å². The molecule has 2 N–H and O–H groups in total. The summed E-state index contributed by atoms with van der Waals surface area (Å²) in [4.78, 5) is 11.4. The van der Waals surface area contributed by atoms with Crippen molar-refractivity contribution in [2.45, 2.75) is 6.92 Å². The van der Waals surface area contributed by atoms with Crippen LogP contribution in [0.25, 0.3) is 22.2 Å². The molecule has 0 amide bonds. The molecule has 1 aromatic carbocycles. The van der Waals surface area contributed by atoms with Crippen molar-refractivity contribution in [1.82, 2.24) is 24.6 Å². The summed E-state index contributed by atoms with van der Waals surface area (Å²) in [6.07, 6.45) is 10.9. The zero-order valence-corrected chi connectivity index (χ0v) is 22.9. The molecule has 1 fully saturated rings. The Hall–Kier alpha value is -1.84. The van der Waals surface area contributed by atoms with E-state index in [1.807, 2.05) is 29.9 Å². The zero-order chi connectivity index (χ0) is 20.8. The molecule has 1 saturated heterocycles. The summed E-state index contributed by atoms with van der Waals surface area (Å²) in [7, 11) is 0. The van der Waals surface area contributed by atoms with Gasteiger partial charge in [-0.15, -0.1) is 19.7 Å². The van der Waals surface area contributed by atoms with E-state index in [1.165, 1.54) is 5.69 Å². The van der Waals surface area contributed by atoms with E-state index in [1.54, 1.807) is 18.5 Å². The van der Waals surface area contributed by atoms with Crippen molar-refractivity contribution in [3.8, 4) is 11.3 Å². The number of benzene rings is 1. The van der Waals surface area contributed by atoms with E-state index >= 15 is 0 Å². The average molecular weight is 487 g/mol. The first-order valence-electron chi connectivity index (χ1n) is 9.93. The van der Waals surface area contributed by atoms with Crippen LogP contribution in [0.2, 0.25) is 0 Å². The minimum Gasteiger partial charge on any atom is -0.659 e. The van der Waals surface area contributed by atoms with E-state index in [4.69, 9.17) is 0 Å². The monoisotopic (exact) mass is 486 g/mol. The Labute approximate surface area is 231 Å². The van der Waals surface area contributed by atoms with Crippen LogP contribution in [0.3, 0.4) is 0 Å². The molecule has 5 rings (SSSR count). The molecule has 0 aliphatic carbocycles. The van der Waals surface area contributed by atoms with Crippen LogP contribution in [-0.2, 0) is 0 Å². The van der Waals surface area contributed by atoms with Gasteiger partial charge in [0.1, 0.15) is 0 Å². The van der Waals surface area contributed by atoms with Gasteiger partial charge in [0, 0.05) is 35.5 Å². The fourth-order valence-electron chi connectivity index (χ4n) is 3.37. The Morgan fingerprint density at radius 3 is 2.55 bits per heavy atom. The molecule has 4 heterocycles. The van der Waals surface area contributed by atoms with Gasteiger partial charge in [0.2, 0.25) is 0 Å². The molecule has 31 heavy (non-hydrogen) atoms. The third-order valence-electron chi connectivity index (χ3n) is 4.77. The standard InChI is InChI=1S/C19H19N8.C3H6.Rb/c1-3-16(26-8-5-20-6-9-26)4-2-15(1)25-18-19-21-7-10-27(19)17(13-22-18)14-11-23-24-12-14;1-3-2;/h1-4,7,10-13H,5-6,8-9H2,(H,22,25)(H,23,24);3H,1H2,2H3;/q-1;;+1. The van der Waals surface area contributed by atoms with Crippen LogP contribution < -0.4 is 68.4 Å².